The number of ether oxygens (including phenoxy) is 3. The van der Waals surface area contributed by atoms with E-state index in [4.69, 9.17) is 14.2 Å². The van der Waals surface area contributed by atoms with Gasteiger partial charge in [-0.05, 0) is 48.9 Å². The van der Waals surface area contributed by atoms with Crippen LogP contribution in [0.15, 0.2) is 59.6 Å². The number of amides is 1. The Bertz CT molecular complexity index is 1260. The van der Waals surface area contributed by atoms with Gasteiger partial charge in [0.15, 0.2) is 11.5 Å². The number of benzene rings is 2. The Morgan fingerprint density at radius 1 is 0.939 bits per heavy atom. The molecule has 174 valence electrons. The first-order valence-corrected chi connectivity index (χ1v) is 11.3. The third kappa shape index (κ3) is 5.41. The molecule has 9 nitrogen and oxygen atoms in total. The topological polar surface area (TPSA) is 107 Å². The van der Waals surface area contributed by atoms with Gasteiger partial charge in [0.05, 0.1) is 26.1 Å². The van der Waals surface area contributed by atoms with Gasteiger partial charge in [-0.3, -0.25) is 4.79 Å². The van der Waals surface area contributed by atoms with Gasteiger partial charge in [0.2, 0.25) is 15.9 Å². The summed E-state index contributed by atoms with van der Waals surface area (Å²) in [4.78, 5) is 16.8. The fraction of sp³-hybridized carbons (Fsp3) is 0.217. The quantitative estimate of drug-likeness (QED) is 0.534. The molecule has 0 aliphatic rings. The molecule has 3 rings (SSSR count). The lowest BCUT2D eigenvalue weighted by atomic mass is 10.2. The molecular weight excluding hydrogens is 446 g/mol. The highest BCUT2D eigenvalue weighted by Gasteiger charge is 2.24. The molecule has 0 radical (unpaired) electrons. The molecule has 0 spiro atoms. The highest BCUT2D eigenvalue weighted by atomic mass is 32.2. The van der Waals surface area contributed by atoms with E-state index in [9.17, 15) is 13.2 Å². The van der Waals surface area contributed by atoms with Crippen LogP contribution in [-0.4, -0.2) is 51.9 Å². The summed E-state index contributed by atoms with van der Waals surface area (Å²) in [6, 6.07) is 13.0. The van der Waals surface area contributed by atoms with Gasteiger partial charge in [0, 0.05) is 25.7 Å². The van der Waals surface area contributed by atoms with E-state index in [-0.39, 0.29) is 16.2 Å². The Morgan fingerprint density at radius 2 is 1.64 bits per heavy atom. The molecule has 0 saturated heterocycles. The largest absolute Gasteiger partial charge is 0.495 e. The smallest absolute Gasteiger partial charge is 0.255 e. The first kappa shape index (κ1) is 24.0. The monoisotopic (exact) mass is 471 g/mol. The van der Waals surface area contributed by atoms with Gasteiger partial charge in [0.1, 0.15) is 10.6 Å². The minimum absolute atomic E-state index is 0.100. The summed E-state index contributed by atoms with van der Waals surface area (Å²) in [7, 11) is 1.93. The van der Waals surface area contributed by atoms with Crippen molar-refractivity contribution in [3.8, 4) is 23.1 Å². The number of rotatable bonds is 8. The molecule has 2 aromatic carbocycles. The molecule has 0 saturated carbocycles. The summed E-state index contributed by atoms with van der Waals surface area (Å²) < 4.78 is 42.5. The summed E-state index contributed by atoms with van der Waals surface area (Å²) in [6.07, 6.45) is 1.44. The molecule has 0 bridgehead atoms. The van der Waals surface area contributed by atoms with Crippen LogP contribution in [0, 0.1) is 6.92 Å². The number of hydrogen-bond donors (Lipinski definition) is 1. The van der Waals surface area contributed by atoms with Crippen molar-refractivity contribution in [2.75, 3.05) is 33.6 Å². The molecule has 1 aromatic heterocycles. The molecule has 33 heavy (non-hydrogen) atoms. The zero-order valence-corrected chi connectivity index (χ0v) is 19.8. The number of aryl methyl sites for hydroxylation is 1. The highest BCUT2D eigenvalue weighted by Crippen LogP contribution is 2.32. The molecule has 1 heterocycles. The zero-order valence-electron chi connectivity index (χ0n) is 18.9. The van der Waals surface area contributed by atoms with Crippen LogP contribution >= 0.6 is 0 Å². The van der Waals surface area contributed by atoms with Gasteiger partial charge >= 0.3 is 0 Å². The first-order valence-electron chi connectivity index (χ1n) is 9.86. The van der Waals surface area contributed by atoms with E-state index in [0.717, 1.165) is 9.87 Å². The maximum Gasteiger partial charge on any atom is 0.255 e. The summed E-state index contributed by atoms with van der Waals surface area (Å²) in [5, 5.41) is 2.69. The van der Waals surface area contributed by atoms with Crippen molar-refractivity contribution >= 4 is 21.6 Å². The standard InChI is InChI=1S/C23H25N3O6S/c1-15-6-9-18(20(12-15)31-5)32-22-11-8-17(14-24-22)25-23(27)16-7-10-19(30-4)21(13-16)33(28,29)26(2)3/h6-14H,1-5H3,(H,25,27). The molecule has 10 heteroatoms. The normalized spacial score (nSPS) is 11.2. The average Bonchev–Trinajstić information content (AvgIpc) is 2.80. The van der Waals surface area contributed by atoms with Crippen molar-refractivity contribution in [3.05, 3.63) is 65.9 Å². The van der Waals surface area contributed by atoms with Gasteiger partial charge < -0.3 is 19.5 Å². The average molecular weight is 472 g/mol. The Balaban J connectivity index is 1.77. The molecule has 1 N–H and O–H groups in total. The lowest BCUT2D eigenvalue weighted by Gasteiger charge is -2.15. The number of sulfonamides is 1. The highest BCUT2D eigenvalue weighted by molar-refractivity contribution is 7.89. The SMILES string of the molecule is COc1cc(C)ccc1Oc1ccc(NC(=O)c2ccc(OC)c(S(=O)(=O)N(C)C)c2)cn1. The van der Waals surface area contributed by atoms with Crippen molar-refractivity contribution in [2.24, 2.45) is 0 Å². The minimum Gasteiger partial charge on any atom is -0.495 e. The summed E-state index contributed by atoms with van der Waals surface area (Å²) in [5.74, 6) is 1.06. The zero-order chi connectivity index (χ0) is 24.2. The second-order valence-electron chi connectivity index (χ2n) is 7.25. The van der Waals surface area contributed by atoms with E-state index < -0.39 is 15.9 Å². The van der Waals surface area contributed by atoms with Crippen molar-refractivity contribution in [2.45, 2.75) is 11.8 Å². The van der Waals surface area contributed by atoms with Crippen molar-refractivity contribution < 1.29 is 27.4 Å². The number of nitrogens with one attached hydrogen (secondary N) is 1. The fourth-order valence-electron chi connectivity index (χ4n) is 2.91. The maximum absolute atomic E-state index is 12.7. The van der Waals surface area contributed by atoms with Crippen LogP contribution in [0.25, 0.3) is 0 Å². The molecule has 3 aromatic rings. The van der Waals surface area contributed by atoms with Crippen molar-refractivity contribution in [1.82, 2.24) is 9.29 Å². The van der Waals surface area contributed by atoms with Crippen molar-refractivity contribution in [1.29, 1.82) is 0 Å². The minimum atomic E-state index is -3.80. The Kier molecular flexibility index (Phi) is 7.19. The van der Waals surface area contributed by atoms with Crippen LogP contribution in [0.3, 0.4) is 0 Å². The number of carbonyl (C=O) groups excluding carboxylic acids is 1. The third-order valence-corrected chi connectivity index (χ3v) is 6.55. The number of methoxy groups -OCH3 is 2. The number of aromatic nitrogens is 1. The van der Waals surface area contributed by atoms with Gasteiger partial charge in [-0.15, -0.1) is 0 Å². The fourth-order valence-corrected chi connectivity index (χ4v) is 3.98. The van der Waals surface area contributed by atoms with Gasteiger partial charge in [-0.1, -0.05) is 6.07 Å². The number of nitrogens with zero attached hydrogens (tertiary/aromatic N) is 2. The summed E-state index contributed by atoms with van der Waals surface area (Å²) in [5.41, 5.74) is 1.60. The Labute approximate surface area is 193 Å². The molecule has 0 fully saturated rings. The Morgan fingerprint density at radius 3 is 2.24 bits per heavy atom. The molecular formula is C23H25N3O6S. The van der Waals surface area contributed by atoms with Gasteiger partial charge in [-0.25, -0.2) is 17.7 Å². The number of carbonyl (C=O) groups is 1. The summed E-state index contributed by atoms with van der Waals surface area (Å²) in [6.45, 7) is 1.95. The molecule has 0 atom stereocenters. The second kappa shape index (κ2) is 9.88. The molecule has 1 amide bonds. The van der Waals surface area contributed by atoms with Crippen LogP contribution in [0.1, 0.15) is 15.9 Å². The molecule has 0 aliphatic carbocycles. The van der Waals surface area contributed by atoms with Crippen LogP contribution in [0.2, 0.25) is 0 Å². The number of pyridine rings is 1. The van der Waals surface area contributed by atoms with Crippen LogP contribution in [0.5, 0.6) is 23.1 Å². The van der Waals surface area contributed by atoms with Crippen molar-refractivity contribution in [3.63, 3.8) is 0 Å². The second-order valence-corrected chi connectivity index (χ2v) is 9.37. The van der Waals surface area contributed by atoms with E-state index in [1.165, 1.54) is 45.6 Å². The first-order chi connectivity index (χ1) is 15.6. The summed E-state index contributed by atoms with van der Waals surface area (Å²) >= 11 is 0. The number of hydrogen-bond acceptors (Lipinski definition) is 7. The predicted molar refractivity (Wildman–Crippen MR) is 124 cm³/mol. The molecule has 0 aliphatic heterocycles. The van der Waals surface area contributed by atoms with Crippen LogP contribution < -0.4 is 19.5 Å². The number of anilines is 1. The van der Waals surface area contributed by atoms with E-state index in [1.54, 1.807) is 25.3 Å². The van der Waals surface area contributed by atoms with E-state index in [2.05, 4.69) is 10.3 Å². The molecule has 0 unspecified atom stereocenters. The third-order valence-electron chi connectivity index (χ3n) is 4.71. The lowest BCUT2D eigenvalue weighted by molar-refractivity contribution is 0.102. The Hall–Kier alpha value is -3.63. The van der Waals surface area contributed by atoms with Crippen LogP contribution in [-0.2, 0) is 10.0 Å². The van der Waals surface area contributed by atoms with Gasteiger partial charge in [-0.2, -0.15) is 0 Å². The van der Waals surface area contributed by atoms with E-state index in [0.29, 0.717) is 23.1 Å². The van der Waals surface area contributed by atoms with E-state index >= 15 is 0 Å². The maximum atomic E-state index is 12.7. The lowest BCUT2D eigenvalue weighted by Crippen LogP contribution is -2.23. The van der Waals surface area contributed by atoms with Crippen LogP contribution in [0.4, 0.5) is 5.69 Å². The van der Waals surface area contributed by atoms with E-state index in [1.807, 2.05) is 19.1 Å². The van der Waals surface area contributed by atoms with Gasteiger partial charge in [0.25, 0.3) is 5.91 Å². The predicted octanol–water partition coefficient (Wildman–Crippen LogP) is 3.70.